The lowest BCUT2D eigenvalue weighted by Gasteiger charge is -2.49. The van der Waals surface area contributed by atoms with Crippen LogP contribution in [0.4, 0.5) is 5.13 Å². The van der Waals surface area contributed by atoms with Gasteiger partial charge in [0, 0.05) is 23.0 Å². The topological polar surface area (TPSA) is 230 Å². The number of nitrogens with zero attached hydrogens (tertiary/aromatic N) is 4. The number of thioether (sulfide) groups is 2. The number of pyridine rings is 1. The summed E-state index contributed by atoms with van der Waals surface area (Å²) in [5.41, 5.74) is 5.46. The normalized spacial score (nSPS) is 18.3. The number of carbonyl (C=O) groups excluding carboxylic acids is 3. The van der Waals surface area contributed by atoms with Crippen LogP contribution in [0.1, 0.15) is 22.2 Å². The molecule has 45 heavy (non-hydrogen) atoms. The number of aliphatic carboxylic acids is 1. The van der Waals surface area contributed by atoms with E-state index in [2.05, 4.69) is 20.6 Å². The molecular formula is C26H21N7O8S4. The second-order valence-corrected chi connectivity index (χ2v) is 13.9. The van der Waals surface area contributed by atoms with Gasteiger partial charge in [0.1, 0.15) is 22.8 Å². The lowest BCUT2D eigenvalue weighted by atomic mass is 10.0. The van der Waals surface area contributed by atoms with Gasteiger partial charge >= 0.3 is 5.97 Å². The number of nitrogen functional groups attached to an aromatic ring is 1. The number of rotatable bonds is 9. The Morgan fingerprint density at radius 2 is 1.98 bits per heavy atom. The minimum absolute atomic E-state index is 0.0224. The van der Waals surface area contributed by atoms with Crippen LogP contribution in [0, 0.1) is 0 Å². The molecule has 6 rings (SSSR count). The second kappa shape index (κ2) is 12.1. The fourth-order valence-electron chi connectivity index (χ4n) is 4.69. The van der Waals surface area contributed by atoms with Crippen LogP contribution < -0.4 is 21.8 Å². The highest BCUT2D eigenvalue weighted by atomic mass is 32.2. The van der Waals surface area contributed by atoms with Gasteiger partial charge in [-0.1, -0.05) is 23.9 Å². The lowest BCUT2D eigenvalue weighted by molar-refractivity contribution is -0.151. The molecule has 19 heteroatoms. The summed E-state index contributed by atoms with van der Waals surface area (Å²) in [6.07, 6.45) is 0.619. The van der Waals surface area contributed by atoms with Crippen molar-refractivity contribution >= 4 is 85.2 Å². The molecule has 2 aliphatic heterocycles. The number of nitrogens with two attached hydrogens (primary N) is 1. The summed E-state index contributed by atoms with van der Waals surface area (Å²) >= 11 is 5.14. The highest BCUT2D eigenvalue weighted by Gasteiger charge is 2.54. The molecule has 15 nitrogen and oxygen atoms in total. The van der Waals surface area contributed by atoms with Crippen LogP contribution in [0.15, 0.2) is 62.3 Å². The van der Waals surface area contributed by atoms with E-state index in [-0.39, 0.29) is 27.0 Å². The number of carboxylic acids is 1. The van der Waals surface area contributed by atoms with E-state index in [1.165, 1.54) is 40.2 Å². The largest absolute Gasteiger partial charge is 0.503 e. The number of amides is 3. The van der Waals surface area contributed by atoms with Gasteiger partial charge in [-0.3, -0.25) is 24.1 Å². The number of aromatic hydroxyl groups is 1. The molecule has 3 amide bonds. The molecule has 1 unspecified atom stereocenters. The van der Waals surface area contributed by atoms with E-state index in [0.717, 1.165) is 30.8 Å². The Hall–Kier alpha value is -4.59. The molecule has 0 saturated carbocycles. The number of hydrogen-bond donors (Lipinski definition) is 6. The molecule has 7 N–H and O–H groups in total. The molecule has 3 aromatic heterocycles. The Labute approximate surface area is 268 Å². The van der Waals surface area contributed by atoms with Crippen molar-refractivity contribution < 1.29 is 34.6 Å². The minimum atomic E-state index is -1.51. The van der Waals surface area contributed by atoms with Crippen molar-refractivity contribution in [3.8, 4) is 5.75 Å². The molecule has 0 bridgehead atoms. The number of carbonyl (C=O) groups is 4. The summed E-state index contributed by atoms with van der Waals surface area (Å²) in [6, 6.07) is 5.68. The Bertz CT molecular complexity index is 1940. The number of benzene rings is 1. The molecule has 1 saturated heterocycles. The van der Waals surface area contributed by atoms with Crippen molar-refractivity contribution in [3.63, 3.8) is 0 Å². The van der Waals surface area contributed by atoms with Gasteiger partial charge in [-0.25, -0.2) is 14.8 Å². The summed E-state index contributed by atoms with van der Waals surface area (Å²) < 4.78 is 1.99. The molecule has 1 aromatic carbocycles. The Kier molecular flexibility index (Phi) is 8.16. The summed E-state index contributed by atoms with van der Waals surface area (Å²) in [5.74, 6) is -4.07. The zero-order chi connectivity index (χ0) is 32.0. The Balaban J connectivity index is 1.18. The Morgan fingerprint density at radius 1 is 1.20 bits per heavy atom. The first-order valence-corrected chi connectivity index (χ1v) is 16.6. The number of aromatic nitrogens is 3. The van der Waals surface area contributed by atoms with Gasteiger partial charge in [0.2, 0.25) is 11.3 Å². The zero-order valence-corrected chi connectivity index (χ0v) is 25.8. The number of hydrogen-bond acceptors (Lipinski definition) is 14. The highest BCUT2D eigenvalue weighted by Crippen LogP contribution is 2.42. The minimum Gasteiger partial charge on any atom is -0.503 e. The van der Waals surface area contributed by atoms with Crippen LogP contribution in [0.3, 0.4) is 0 Å². The third-order valence-electron chi connectivity index (χ3n) is 6.81. The van der Waals surface area contributed by atoms with Crippen molar-refractivity contribution in [2.24, 2.45) is 0 Å². The van der Waals surface area contributed by atoms with E-state index in [0.29, 0.717) is 23.6 Å². The summed E-state index contributed by atoms with van der Waals surface area (Å²) in [4.78, 5) is 73.6. The first-order chi connectivity index (χ1) is 21.5. The van der Waals surface area contributed by atoms with Crippen LogP contribution in [-0.2, 0) is 14.4 Å². The summed E-state index contributed by atoms with van der Waals surface area (Å²) in [6.45, 7) is 0. The fourth-order valence-corrected chi connectivity index (χ4v) is 8.83. The van der Waals surface area contributed by atoms with Gasteiger partial charge in [0.05, 0.1) is 22.1 Å². The van der Waals surface area contributed by atoms with E-state index < -0.39 is 58.0 Å². The number of thiazole rings is 2. The maximum absolute atomic E-state index is 13.5. The van der Waals surface area contributed by atoms with Gasteiger partial charge in [0.25, 0.3) is 11.8 Å². The van der Waals surface area contributed by atoms with Gasteiger partial charge < -0.3 is 31.8 Å². The SMILES string of the molecule is Nc1nc(C(NC(=O)c2cc(=O)c(O)cn2O)C(=O)N[C@@H]2C(=O)N3C(C(=O)O)=C(CSc4nc5ccccc5s4)CS[C@H]23)cs1. The maximum Gasteiger partial charge on any atom is 0.352 e. The van der Waals surface area contributed by atoms with E-state index in [4.69, 9.17) is 5.73 Å². The lowest BCUT2D eigenvalue weighted by Crippen LogP contribution is -2.71. The van der Waals surface area contributed by atoms with E-state index in [1.807, 2.05) is 24.3 Å². The molecule has 4 aromatic rings. The first kappa shape index (κ1) is 30.4. The second-order valence-electron chi connectivity index (χ2n) is 9.66. The maximum atomic E-state index is 13.5. The summed E-state index contributed by atoms with van der Waals surface area (Å²) in [5, 5.41) is 35.2. The van der Waals surface area contributed by atoms with Crippen LogP contribution in [0.25, 0.3) is 10.2 Å². The summed E-state index contributed by atoms with van der Waals surface area (Å²) in [7, 11) is 0. The average molecular weight is 688 g/mol. The average Bonchev–Trinajstić information content (AvgIpc) is 3.64. The van der Waals surface area contributed by atoms with Crippen molar-refractivity contribution in [1.82, 2.24) is 30.2 Å². The van der Waals surface area contributed by atoms with Gasteiger partial charge in [-0.05, 0) is 17.7 Å². The third-order valence-corrected chi connectivity index (χ3v) is 11.1. The van der Waals surface area contributed by atoms with Crippen molar-refractivity contribution in [3.05, 3.63) is 74.8 Å². The molecule has 2 aliphatic rings. The number of anilines is 1. The molecule has 0 spiro atoms. The number of para-hydroxylation sites is 1. The predicted molar refractivity (Wildman–Crippen MR) is 166 cm³/mol. The standard InChI is InChI=1S/C26H21N7O8S4/c27-25-28-12(9-43-25)17(30-20(36)13-5-14(34)15(35)6-32(13)41)21(37)31-18-22(38)33-19(24(39)40)10(7-42-23(18)33)8-44-26-29-11-3-1-2-4-16(11)45-26/h1-6,9,17-18,23,35,41H,7-8H2,(H2,27,28)(H,30,36)(H,31,37)(H,39,40)/t17?,18-,23-/m1/s1. The van der Waals surface area contributed by atoms with Crippen LogP contribution in [-0.4, -0.2) is 81.6 Å². The van der Waals surface area contributed by atoms with Crippen molar-refractivity contribution in [1.29, 1.82) is 0 Å². The number of nitrogens with one attached hydrogen (secondary N) is 2. The smallest absolute Gasteiger partial charge is 0.352 e. The van der Waals surface area contributed by atoms with Gasteiger partial charge in [-0.2, -0.15) is 4.73 Å². The first-order valence-electron chi connectivity index (χ1n) is 12.9. The van der Waals surface area contributed by atoms with Gasteiger partial charge in [0.15, 0.2) is 21.3 Å². The Morgan fingerprint density at radius 3 is 2.69 bits per heavy atom. The third kappa shape index (κ3) is 5.81. The fraction of sp³-hybridized carbons (Fsp3) is 0.192. The van der Waals surface area contributed by atoms with Crippen molar-refractivity contribution in [2.75, 3.05) is 17.2 Å². The number of carboxylic acid groups (broad SMARTS) is 1. The van der Waals surface area contributed by atoms with Crippen LogP contribution in [0.2, 0.25) is 0 Å². The quantitative estimate of drug-likeness (QED) is 0.0832. The number of β-lactam (4-membered cyclic amide) rings is 1. The highest BCUT2D eigenvalue weighted by molar-refractivity contribution is 8.02. The molecule has 232 valence electrons. The van der Waals surface area contributed by atoms with Crippen LogP contribution >= 0.6 is 46.2 Å². The van der Waals surface area contributed by atoms with Gasteiger partial charge in [-0.15, -0.1) is 34.4 Å². The number of fused-ring (bicyclic) bond motifs is 2. The molecular weight excluding hydrogens is 667 g/mol. The monoisotopic (exact) mass is 687 g/mol. The van der Waals surface area contributed by atoms with E-state index >= 15 is 0 Å². The molecule has 1 fully saturated rings. The van der Waals surface area contributed by atoms with Crippen molar-refractivity contribution in [2.45, 2.75) is 21.8 Å². The van der Waals surface area contributed by atoms with Crippen LogP contribution in [0.5, 0.6) is 5.75 Å². The van der Waals surface area contributed by atoms with E-state index in [1.54, 1.807) is 0 Å². The molecule has 0 radical (unpaired) electrons. The molecule has 0 aliphatic carbocycles. The predicted octanol–water partition coefficient (Wildman–Crippen LogP) is 1.44. The molecule has 5 heterocycles. The zero-order valence-electron chi connectivity index (χ0n) is 22.6. The van der Waals surface area contributed by atoms with E-state index in [9.17, 15) is 39.4 Å². The molecule has 3 atom stereocenters.